The van der Waals surface area contributed by atoms with E-state index in [1.165, 1.54) is 0 Å². The zero-order valence-electron chi connectivity index (χ0n) is 19.7. The fraction of sp³-hybridized carbons (Fsp3) is 0.286. The molecule has 1 unspecified atom stereocenters. The van der Waals surface area contributed by atoms with Crippen LogP contribution in [0.5, 0.6) is 5.75 Å². The van der Waals surface area contributed by atoms with Gasteiger partial charge >= 0.3 is 6.09 Å². The second kappa shape index (κ2) is 9.07. The topological polar surface area (TPSA) is 99.9 Å². The first-order chi connectivity index (χ1) is 16.8. The number of ether oxygens (including phenoxy) is 3. The van der Waals surface area contributed by atoms with E-state index in [2.05, 4.69) is 29.6 Å². The number of alkyl carbamates (subject to hydrolysis) is 1. The molecule has 0 spiro atoms. The van der Waals surface area contributed by atoms with Crippen LogP contribution in [0.15, 0.2) is 66.7 Å². The Morgan fingerprint density at radius 2 is 1.71 bits per heavy atom. The Labute approximate surface area is 204 Å². The van der Waals surface area contributed by atoms with Crippen LogP contribution in [-0.2, 0) is 27.3 Å². The highest BCUT2D eigenvalue weighted by molar-refractivity contribution is 5.84. The van der Waals surface area contributed by atoms with Gasteiger partial charge in [-0.1, -0.05) is 54.6 Å². The summed E-state index contributed by atoms with van der Waals surface area (Å²) in [5.74, 6) is -0.643. The van der Waals surface area contributed by atoms with Crippen LogP contribution < -0.4 is 15.8 Å². The Bertz CT molecular complexity index is 1240. The highest BCUT2D eigenvalue weighted by Crippen LogP contribution is 2.44. The fourth-order valence-electron chi connectivity index (χ4n) is 4.76. The van der Waals surface area contributed by atoms with Crippen molar-refractivity contribution in [3.8, 4) is 16.9 Å². The van der Waals surface area contributed by atoms with Crippen LogP contribution in [0.1, 0.15) is 42.0 Å². The molecule has 3 aromatic carbocycles. The fourth-order valence-corrected chi connectivity index (χ4v) is 4.76. The van der Waals surface area contributed by atoms with E-state index in [-0.39, 0.29) is 18.9 Å². The van der Waals surface area contributed by atoms with Gasteiger partial charge in [0.05, 0.1) is 6.61 Å². The number of nitrogens with two attached hydrogens (primary N) is 1. The van der Waals surface area contributed by atoms with Gasteiger partial charge in [0, 0.05) is 31.7 Å². The van der Waals surface area contributed by atoms with Crippen LogP contribution in [0.4, 0.5) is 4.79 Å². The van der Waals surface area contributed by atoms with Crippen LogP contribution in [0.2, 0.25) is 0 Å². The van der Waals surface area contributed by atoms with Crippen molar-refractivity contribution in [1.82, 2.24) is 5.32 Å². The minimum absolute atomic E-state index is 0.0647. The molecule has 7 heteroatoms. The summed E-state index contributed by atoms with van der Waals surface area (Å²) < 4.78 is 17.1. The first-order valence-corrected chi connectivity index (χ1v) is 11.7. The molecule has 2 amide bonds. The molecule has 35 heavy (non-hydrogen) atoms. The number of primary amides is 1. The lowest BCUT2D eigenvalue weighted by Crippen LogP contribution is -2.46. The average molecular weight is 473 g/mol. The van der Waals surface area contributed by atoms with E-state index >= 15 is 0 Å². The summed E-state index contributed by atoms with van der Waals surface area (Å²) in [5.41, 5.74) is 11.8. The molecule has 0 saturated heterocycles. The van der Waals surface area contributed by atoms with Crippen molar-refractivity contribution in [1.29, 1.82) is 0 Å². The van der Waals surface area contributed by atoms with E-state index < -0.39 is 23.8 Å². The van der Waals surface area contributed by atoms with Gasteiger partial charge in [-0.05, 0) is 39.9 Å². The van der Waals surface area contributed by atoms with Crippen molar-refractivity contribution in [3.63, 3.8) is 0 Å². The molecule has 1 atom stereocenters. The molecular formula is C28H28N2O5. The average Bonchev–Trinajstić information content (AvgIpc) is 3.15. The number of nitrogens with one attached hydrogen (secondary N) is 1. The minimum Gasteiger partial charge on any atom is -0.463 e. The number of hydrogen-bond donors (Lipinski definition) is 2. The number of rotatable bonds is 6. The van der Waals surface area contributed by atoms with Crippen LogP contribution in [0.3, 0.4) is 0 Å². The summed E-state index contributed by atoms with van der Waals surface area (Å²) in [5, 5.41) is 2.63. The second-order valence-electron chi connectivity index (χ2n) is 9.36. The summed E-state index contributed by atoms with van der Waals surface area (Å²) in [6.45, 7) is 4.27. The Morgan fingerprint density at radius 1 is 1.06 bits per heavy atom. The van der Waals surface area contributed by atoms with Crippen molar-refractivity contribution in [2.45, 2.75) is 44.6 Å². The van der Waals surface area contributed by atoms with Crippen molar-refractivity contribution in [3.05, 3.63) is 89.0 Å². The van der Waals surface area contributed by atoms with Gasteiger partial charge in [-0.2, -0.15) is 0 Å². The van der Waals surface area contributed by atoms with E-state index in [1.807, 2.05) is 56.3 Å². The van der Waals surface area contributed by atoms with Gasteiger partial charge in [-0.15, -0.1) is 0 Å². The maximum atomic E-state index is 12.7. The molecule has 2 aliphatic rings. The van der Waals surface area contributed by atoms with Crippen molar-refractivity contribution >= 4 is 12.0 Å². The minimum atomic E-state index is -0.912. The molecule has 0 saturated carbocycles. The maximum absolute atomic E-state index is 12.7. The Morgan fingerprint density at radius 3 is 2.37 bits per heavy atom. The van der Waals surface area contributed by atoms with Gasteiger partial charge in [0.15, 0.2) is 0 Å². The van der Waals surface area contributed by atoms with Crippen molar-refractivity contribution < 1.29 is 23.8 Å². The van der Waals surface area contributed by atoms with Crippen molar-refractivity contribution in [2.24, 2.45) is 5.73 Å². The number of carbonyl (C=O) groups excluding carboxylic acids is 2. The third kappa shape index (κ3) is 4.72. The van der Waals surface area contributed by atoms with E-state index in [4.69, 9.17) is 19.9 Å². The lowest BCUT2D eigenvalue weighted by Gasteiger charge is -2.32. The predicted octanol–water partition coefficient (Wildman–Crippen LogP) is 4.27. The monoisotopic (exact) mass is 472 g/mol. The molecule has 1 heterocycles. The van der Waals surface area contributed by atoms with E-state index in [9.17, 15) is 9.59 Å². The lowest BCUT2D eigenvalue weighted by atomic mass is 9.98. The van der Waals surface area contributed by atoms with Gasteiger partial charge in [0.25, 0.3) is 0 Å². The molecule has 3 aromatic rings. The highest BCUT2D eigenvalue weighted by Gasteiger charge is 2.30. The third-order valence-corrected chi connectivity index (χ3v) is 6.47. The van der Waals surface area contributed by atoms with Gasteiger partial charge in [0.1, 0.15) is 18.4 Å². The Hall–Kier alpha value is -3.84. The first kappa shape index (κ1) is 22.9. The number of benzene rings is 3. The molecule has 0 fully saturated rings. The molecule has 7 nitrogen and oxygen atoms in total. The van der Waals surface area contributed by atoms with E-state index in [1.54, 1.807) is 0 Å². The summed E-state index contributed by atoms with van der Waals surface area (Å²) in [6, 6.07) is 20.9. The summed E-state index contributed by atoms with van der Waals surface area (Å²) in [6.07, 6.45) is -0.446. The Balaban J connectivity index is 1.24. The van der Waals surface area contributed by atoms with Gasteiger partial charge in [-0.25, -0.2) is 4.79 Å². The van der Waals surface area contributed by atoms with Crippen LogP contribution in [0.25, 0.3) is 11.1 Å². The SMILES string of the molecule is CC1(C)OCc2cc(CC(NC(=O)OCC3c4ccccc4-c4ccccc43)C(N)=O)ccc2O1. The van der Waals surface area contributed by atoms with Gasteiger partial charge in [-0.3, -0.25) is 4.79 Å². The quantitative estimate of drug-likeness (QED) is 0.558. The number of hydrogen-bond acceptors (Lipinski definition) is 5. The second-order valence-corrected chi connectivity index (χ2v) is 9.36. The van der Waals surface area contributed by atoms with E-state index in [0.717, 1.165) is 39.1 Å². The molecule has 5 rings (SSSR count). The van der Waals surface area contributed by atoms with Gasteiger partial charge < -0.3 is 25.3 Å². The number of fused-ring (bicyclic) bond motifs is 4. The van der Waals surface area contributed by atoms with Crippen molar-refractivity contribution in [2.75, 3.05) is 6.61 Å². The highest BCUT2D eigenvalue weighted by atomic mass is 16.7. The largest absolute Gasteiger partial charge is 0.463 e. The molecule has 3 N–H and O–H groups in total. The molecule has 1 aliphatic heterocycles. The standard InChI is InChI=1S/C28H28N2O5/c1-28(2)34-15-18-13-17(11-12-25(18)35-28)14-24(26(29)31)30-27(32)33-16-23-21-9-5-3-7-19(21)20-8-4-6-10-22(20)23/h3-13,23-24H,14-16H2,1-2H3,(H2,29,31)(H,30,32). The number of carbonyl (C=O) groups is 2. The maximum Gasteiger partial charge on any atom is 0.407 e. The molecule has 0 radical (unpaired) electrons. The van der Waals surface area contributed by atoms with Crippen LogP contribution in [0, 0.1) is 0 Å². The van der Waals surface area contributed by atoms with E-state index in [0.29, 0.717) is 6.61 Å². The molecular weight excluding hydrogens is 444 g/mol. The summed E-state index contributed by atoms with van der Waals surface area (Å²) in [7, 11) is 0. The smallest absolute Gasteiger partial charge is 0.407 e. The molecule has 0 aromatic heterocycles. The zero-order chi connectivity index (χ0) is 24.6. The zero-order valence-corrected chi connectivity index (χ0v) is 19.7. The van der Waals surface area contributed by atoms with Crippen LogP contribution in [-0.4, -0.2) is 30.4 Å². The van der Waals surface area contributed by atoms with Crippen LogP contribution >= 0.6 is 0 Å². The normalized spacial score (nSPS) is 16.3. The molecule has 180 valence electrons. The first-order valence-electron chi connectivity index (χ1n) is 11.7. The Kier molecular flexibility index (Phi) is 5.94. The molecule has 0 bridgehead atoms. The molecule has 1 aliphatic carbocycles. The summed E-state index contributed by atoms with van der Waals surface area (Å²) >= 11 is 0. The predicted molar refractivity (Wildman–Crippen MR) is 131 cm³/mol. The summed E-state index contributed by atoms with van der Waals surface area (Å²) in [4.78, 5) is 24.8. The van der Waals surface area contributed by atoms with Gasteiger partial charge in [0.2, 0.25) is 11.7 Å². The lowest BCUT2D eigenvalue weighted by molar-refractivity contribution is -0.180. The third-order valence-electron chi connectivity index (χ3n) is 6.47. The number of amides is 2.